The van der Waals surface area contributed by atoms with Crippen LogP contribution < -0.4 is 10.6 Å². The van der Waals surface area contributed by atoms with Gasteiger partial charge in [-0.25, -0.2) is 4.68 Å². The average Bonchev–Trinajstić information content (AvgIpc) is 3.26. The van der Waals surface area contributed by atoms with Gasteiger partial charge in [0.25, 0.3) is 0 Å². The maximum absolute atomic E-state index is 13.1. The number of nitrogens with zero attached hydrogens (tertiary/aromatic N) is 3. The molecule has 3 atom stereocenters. The van der Waals surface area contributed by atoms with Crippen LogP contribution in [0.4, 0.5) is 11.6 Å². The Hall–Kier alpha value is -2.38. The number of benzene rings is 1. The van der Waals surface area contributed by atoms with Gasteiger partial charge >= 0.3 is 0 Å². The topological polar surface area (TPSA) is 71.8 Å². The highest BCUT2D eigenvalue weighted by atomic mass is 35.5. The number of fused-ring (bicyclic) bond motifs is 1. The summed E-state index contributed by atoms with van der Waals surface area (Å²) in [6.45, 7) is 1.99. The van der Waals surface area contributed by atoms with Gasteiger partial charge in [0.2, 0.25) is 11.9 Å². The Morgan fingerprint density at radius 3 is 2.84 bits per heavy atom. The van der Waals surface area contributed by atoms with Gasteiger partial charge in [0.05, 0.1) is 5.92 Å². The van der Waals surface area contributed by atoms with Gasteiger partial charge in [-0.3, -0.25) is 4.79 Å². The molecule has 128 valence electrons. The number of rotatable bonds is 3. The summed E-state index contributed by atoms with van der Waals surface area (Å²) in [4.78, 5) is 18.4. The van der Waals surface area contributed by atoms with E-state index in [-0.39, 0.29) is 23.9 Å². The summed E-state index contributed by atoms with van der Waals surface area (Å²) in [7, 11) is 0. The van der Waals surface area contributed by atoms with Crippen molar-refractivity contribution in [2.75, 3.05) is 10.6 Å². The minimum absolute atomic E-state index is 0.0677. The molecule has 4 rings (SSSR count). The van der Waals surface area contributed by atoms with Gasteiger partial charge in [-0.1, -0.05) is 17.7 Å². The Balaban J connectivity index is 1.68. The normalized spacial score (nSPS) is 22.1. The number of carbonyl (C=O) groups excluding carboxylic acids is 1. The molecule has 1 aliphatic heterocycles. The van der Waals surface area contributed by atoms with Gasteiger partial charge in [0, 0.05) is 21.6 Å². The summed E-state index contributed by atoms with van der Waals surface area (Å²) in [5, 5.41) is 13.2. The molecule has 0 aliphatic carbocycles. The minimum Gasteiger partial charge on any atom is -0.351 e. The highest BCUT2D eigenvalue weighted by Crippen LogP contribution is 2.38. The maximum Gasteiger partial charge on any atom is 0.232 e. The summed E-state index contributed by atoms with van der Waals surface area (Å²) in [6, 6.07) is 10.8. The first-order valence-corrected chi connectivity index (χ1v) is 9.15. The van der Waals surface area contributed by atoms with Gasteiger partial charge in [-0.15, -0.1) is 11.3 Å². The van der Waals surface area contributed by atoms with Crippen molar-refractivity contribution in [2.45, 2.75) is 19.0 Å². The molecule has 0 bridgehead atoms. The van der Waals surface area contributed by atoms with Crippen molar-refractivity contribution in [3.63, 3.8) is 0 Å². The monoisotopic (exact) mass is 373 g/mol. The zero-order valence-corrected chi connectivity index (χ0v) is 15.0. The molecule has 0 spiro atoms. The van der Waals surface area contributed by atoms with E-state index in [1.54, 1.807) is 40.3 Å². The van der Waals surface area contributed by atoms with Crippen molar-refractivity contribution in [1.29, 1.82) is 0 Å². The van der Waals surface area contributed by atoms with Gasteiger partial charge < -0.3 is 10.6 Å². The minimum atomic E-state index is -0.330. The number of halogens is 1. The molecule has 3 aromatic rings. The predicted molar refractivity (Wildman–Crippen MR) is 99.1 cm³/mol. The molecule has 2 N–H and O–H groups in total. The smallest absolute Gasteiger partial charge is 0.232 e. The third-order valence-electron chi connectivity index (χ3n) is 4.32. The summed E-state index contributed by atoms with van der Waals surface area (Å²) in [5.74, 6) is 0.284. The van der Waals surface area contributed by atoms with E-state index in [1.807, 2.05) is 24.4 Å². The molecule has 1 aliphatic rings. The van der Waals surface area contributed by atoms with Crippen LogP contribution in [-0.2, 0) is 4.79 Å². The van der Waals surface area contributed by atoms with Crippen LogP contribution in [0.15, 0.2) is 48.1 Å². The number of hydrogen-bond donors (Lipinski definition) is 2. The first-order valence-electron chi connectivity index (χ1n) is 7.89. The largest absolute Gasteiger partial charge is 0.351 e. The van der Waals surface area contributed by atoms with Crippen LogP contribution in [0, 0.1) is 5.92 Å². The van der Waals surface area contributed by atoms with E-state index in [9.17, 15) is 4.79 Å². The van der Waals surface area contributed by atoms with Crippen LogP contribution in [0.1, 0.15) is 17.8 Å². The highest BCUT2D eigenvalue weighted by Gasteiger charge is 2.41. The number of nitrogens with one attached hydrogen (secondary N) is 2. The quantitative estimate of drug-likeness (QED) is 0.735. The third kappa shape index (κ3) is 3.01. The van der Waals surface area contributed by atoms with Crippen LogP contribution in [0.25, 0.3) is 0 Å². The Morgan fingerprint density at radius 1 is 1.32 bits per heavy atom. The molecular weight excluding hydrogens is 358 g/mol. The van der Waals surface area contributed by atoms with E-state index < -0.39 is 0 Å². The molecule has 0 unspecified atom stereocenters. The second-order valence-electron chi connectivity index (χ2n) is 5.94. The van der Waals surface area contributed by atoms with Crippen LogP contribution >= 0.6 is 22.9 Å². The molecule has 0 radical (unpaired) electrons. The Morgan fingerprint density at radius 2 is 2.12 bits per heavy atom. The fourth-order valence-corrected chi connectivity index (χ4v) is 4.15. The summed E-state index contributed by atoms with van der Waals surface area (Å²) >= 11 is 7.53. The van der Waals surface area contributed by atoms with Crippen LogP contribution in [0.3, 0.4) is 0 Å². The zero-order valence-electron chi connectivity index (χ0n) is 13.4. The number of aromatic nitrogens is 3. The van der Waals surface area contributed by atoms with Crippen LogP contribution in [0.5, 0.6) is 0 Å². The number of hydrogen-bond acceptors (Lipinski definition) is 5. The average molecular weight is 374 g/mol. The maximum atomic E-state index is 13.1. The molecule has 1 amide bonds. The van der Waals surface area contributed by atoms with Crippen molar-refractivity contribution >= 4 is 40.5 Å². The van der Waals surface area contributed by atoms with Gasteiger partial charge in [0.1, 0.15) is 12.4 Å². The van der Waals surface area contributed by atoms with Gasteiger partial charge in [0.15, 0.2) is 0 Å². The van der Waals surface area contributed by atoms with Crippen LogP contribution in [-0.4, -0.2) is 26.7 Å². The van der Waals surface area contributed by atoms with E-state index in [0.717, 1.165) is 10.6 Å². The SMILES string of the molecule is C[C@H]1Nc2ncnn2[C@@H](c2cccs2)[C@@H]1C(=O)Nc1ccc(Cl)cc1. The van der Waals surface area contributed by atoms with E-state index in [2.05, 4.69) is 20.7 Å². The molecule has 0 saturated carbocycles. The Kier molecular flexibility index (Phi) is 4.19. The number of carbonyl (C=O) groups is 1. The number of amides is 1. The van der Waals surface area contributed by atoms with Crippen molar-refractivity contribution in [2.24, 2.45) is 5.92 Å². The fraction of sp³-hybridized carbons (Fsp3) is 0.235. The standard InChI is InChI=1S/C17H16ClN5OS/c1-10-14(16(24)22-12-6-4-11(18)5-7-12)15(13-3-2-8-25-13)23-17(21-10)19-9-20-23/h2-10,14-15H,1H3,(H,22,24)(H,19,20,21)/t10-,14-,15+/m1/s1. The van der Waals surface area contributed by atoms with E-state index in [4.69, 9.17) is 11.6 Å². The predicted octanol–water partition coefficient (Wildman–Crippen LogP) is 3.65. The summed E-state index contributed by atoms with van der Waals surface area (Å²) in [6.07, 6.45) is 1.51. The Labute approximate surface area is 153 Å². The Bertz CT molecular complexity index is 877. The number of thiophene rings is 1. The second-order valence-corrected chi connectivity index (χ2v) is 7.36. The van der Waals surface area contributed by atoms with Crippen molar-refractivity contribution < 1.29 is 4.79 Å². The molecule has 3 heterocycles. The van der Waals surface area contributed by atoms with E-state index >= 15 is 0 Å². The molecule has 25 heavy (non-hydrogen) atoms. The second kappa shape index (κ2) is 6.50. The van der Waals surface area contributed by atoms with Crippen molar-refractivity contribution in [1.82, 2.24) is 14.8 Å². The first-order chi connectivity index (χ1) is 12.1. The molecule has 8 heteroatoms. The lowest BCUT2D eigenvalue weighted by atomic mass is 9.89. The number of anilines is 2. The van der Waals surface area contributed by atoms with Crippen molar-refractivity contribution in [3.8, 4) is 0 Å². The molecular formula is C17H16ClN5OS. The zero-order chi connectivity index (χ0) is 17.4. The lowest BCUT2D eigenvalue weighted by Crippen LogP contribution is -2.46. The molecule has 6 nitrogen and oxygen atoms in total. The molecule has 0 saturated heterocycles. The summed E-state index contributed by atoms with van der Waals surface area (Å²) in [5.41, 5.74) is 0.718. The molecule has 1 aromatic carbocycles. The lowest BCUT2D eigenvalue weighted by Gasteiger charge is -2.36. The van der Waals surface area contributed by atoms with Crippen LogP contribution in [0.2, 0.25) is 5.02 Å². The highest BCUT2D eigenvalue weighted by molar-refractivity contribution is 7.10. The van der Waals surface area contributed by atoms with E-state index in [0.29, 0.717) is 11.0 Å². The van der Waals surface area contributed by atoms with Crippen molar-refractivity contribution in [3.05, 3.63) is 58.0 Å². The van der Waals surface area contributed by atoms with Gasteiger partial charge in [-0.05, 0) is 42.6 Å². The van der Waals surface area contributed by atoms with Gasteiger partial charge in [-0.2, -0.15) is 10.1 Å². The third-order valence-corrected chi connectivity index (χ3v) is 5.52. The lowest BCUT2D eigenvalue weighted by molar-refractivity contribution is -0.121. The first kappa shape index (κ1) is 16.1. The van der Waals surface area contributed by atoms with E-state index in [1.165, 1.54) is 6.33 Å². The molecule has 2 aromatic heterocycles. The molecule has 0 fully saturated rings. The summed E-state index contributed by atoms with van der Waals surface area (Å²) < 4.78 is 1.79. The fourth-order valence-electron chi connectivity index (χ4n) is 3.16.